The van der Waals surface area contributed by atoms with Gasteiger partial charge in [0.2, 0.25) is 0 Å². The number of amides is 1. The maximum Gasteiger partial charge on any atom is 0.258 e. The molecule has 4 aromatic rings. The minimum atomic E-state index is -0.208. The van der Waals surface area contributed by atoms with Crippen molar-refractivity contribution in [3.8, 4) is 5.69 Å². The second kappa shape index (κ2) is 7.94. The largest absolute Gasteiger partial charge is 0.329 e. The van der Waals surface area contributed by atoms with Crippen molar-refractivity contribution in [3.63, 3.8) is 0 Å². The van der Waals surface area contributed by atoms with Gasteiger partial charge in [-0.1, -0.05) is 30.3 Å². The average molecular weight is 401 g/mol. The van der Waals surface area contributed by atoms with Crippen molar-refractivity contribution in [3.05, 3.63) is 88.2 Å². The summed E-state index contributed by atoms with van der Waals surface area (Å²) in [7, 11) is 0. The van der Waals surface area contributed by atoms with E-state index in [1.807, 2.05) is 57.2 Å². The highest BCUT2D eigenvalue weighted by Crippen LogP contribution is 2.18. The second-order valence-corrected chi connectivity index (χ2v) is 7.45. The number of benzene rings is 2. The maximum atomic E-state index is 13.4. The highest BCUT2D eigenvalue weighted by atomic mass is 16.2. The lowest BCUT2D eigenvalue weighted by atomic mass is 10.2. The number of aromatic nitrogens is 4. The third kappa shape index (κ3) is 3.61. The minimum Gasteiger partial charge on any atom is -0.329 e. The van der Waals surface area contributed by atoms with Crippen LogP contribution in [0.4, 0.5) is 0 Å². The summed E-state index contributed by atoms with van der Waals surface area (Å²) >= 11 is 0. The molecule has 0 aliphatic heterocycles. The number of H-pyrrole nitrogens is 1. The molecule has 0 unspecified atom stereocenters. The number of para-hydroxylation sites is 2. The molecule has 0 aliphatic rings. The molecule has 0 fully saturated rings. The van der Waals surface area contributed by atoms with Crippen molar-refractivity contribution < 1.29 is 4.79 Å². The minimum absolute atomic E-state index is 0.0891. The smallest absolute Gasteiger partial charge is 0.258 e. The van der Waals surface area contributed by atoms with E-state index in [-0.39, 0.29) is 24.1 Å². The third-order valence-corrected chi connectivity index (χ3v) is 5.11. The summed E-state index contributed by atoms with van der Waals surface area (Å²) in [6.07, 6.45) is 1.59. The average Bonchev–Trinajstić information content (AvgIpc) is 3.13. The Kier molecular flexibility index (Phi) is 5.18. The van der Waals surface area contributed by atoms with Crippen LogP contribution in [0.1, 0.15) is 35.7 Å². The van der Waals surface area contributed by atoms with Crippen molar-refractivity contribution in [2.45, 2.75) is 33.4 Å². The van der Waals surface area contributed by atoms with E-state index in [2.05, 4.69) is 15.1 Å². The van der Waals surface area contributed by atoms with Crippen LogP contribution in [0.5, 0.6) is 0 Å². The SMILES string of the molecule is Cc1c(C(=O)N(Cc2nc3ccccc3c(=O)[nH]2)C(C)C)cnn1-c1ccccc1. The number of nitrogens with one attached hydrogen (secondary N) is 1. The standard InChI is InChI=1S/C23H23N5O2/c1-15(2)27(14-21-25-20-12-8-7-11-18(20)22(29)26-21)23(30)19-13-24-28(16(19)3)17-9-5-4-6-10-17/h4-13,15H,14H2,1-3H3,(H,25,26,29). The van der Waals surface area contributed by atoms with Crippen molar-refractivity contribution in [2.24, 2.45) is 0 Å². The van der Waals surface area contributed by atoms with Crippen LogP contribution in [0.25, 0.3) is 16.6 Å². The van der Waals surface area contributed by atoms with E-state index >= 15 is 0 Å². The van der Waals surface area contributed by atoms with Crippen LogP contribution in [0.3, 0.4) is 0 Å². The number of aromatic amines is 1. The van der Waals surface area contributed by atoms with Gasteiger partial charge in [0.1, 0.15) is 5.82 Å². The number of rotatable bonds is 5. The van der Waals surface area contributed by atoms with Crippen molar-refractivity contribution in [1.29, 1.82) is 0 Å². The van der Waals surface area contributed by atoms with Gasteiger partial charge in [-0.2, -0.15) is 5.10 Å². The van der Waals surface area contributed by atoms with E-state index in [1.165, 1.54) is 0 Å². The quantitative estimate of drug-likeness (QED) is 0.555. The molecule has 0 radical (unpaired) electrons. The molecule has 0 spiro atoms. The summed E-state index contributed by atoms with van der Waals surface area (Å²) < 4.78 is 1.75. The summed E-state index contributed by atoms with van der Waals surface area (Å²) in [5, 5.41) is 4.94. The van der Waals surface area contributed by atoms with Gasteiger partial charge in [0.15, 0.2) is 0 Å². The van der Waals surface area contributed by atoms with Gasteiger partial charge in [-0.05, 0) is 45.0 Å². The number of hydrogen-bond acceptors (Lipinski definition) is 4. The molecule has 0 saturated carbocycles. The van der Waals surface area contributed by atoms with E-state index in [1.54, 1.807) is 34.0 Å². The van der Waals surface area contributed by atoms with Gasteiger partial charge in [0, 0.05) is 6.04 Å². The molecule has 0 atom stereocenters. The molecular weight excluding hydrogens is 378 g/mol. The Labute approximate surface area is 174 Å². The molecule has 0 saturated heterocycles. The van der Waals surface area contributed by atoms with Gasteiger partial charge in [-0.15, -0.1) is 0 Å². The van der Waals surface area contributed by atoms with Crippen molar-refractivity contribution in [2.75, 3.05) is 0 Å². The van der Waals surface area contributed by atoms with Crippen LogP contribution in [-0.4, -0.2) is 36.6 Å². The molecular formula is C23H23N5O2. The molecule has 30 heavy (non-hydrogen) atoms. The zero-order valence-electron chi connectivity index (χ0n) is 17.2. The Morgan fingerprint density at radius 3 is 2.53 bits per heavy atom. The lowest BCUT2D eigenvalue weighted by Gasteiger charge is -2.26. The fraction of sp³-hybridized carbons (Fsp3) is 0.217. The lowest BCUT2D eigenvalue weighted by Crippen LogP contribution is -2.37. The monoisotopic (exact) mass is 401 g/mol. The number of carbonyl (C=O) groups is 1. The fourth-order valence-electron chi connectivity index (χ4n) is 3.46. The van der Waals surface area contributed by atoms with Gasteiger partial charge in [0.25, 0.3) is 11.5 Å². The first kappa shape index (κ1) is 19.6. The molecule has 152 valence electrons. The zero-order chi connectivity index (χ0) is 21.3. The molecule has 0 bridgehead atoms. The van der Waals surface area contributed by atoms with E-state index in [0.717, 1.165) is 11.4 Å². The summed E-state index contributed by atoms with van der Waals surface area (Å²) in [6.45, 7) is 5.95. The van der Waals surface area contributed by atoms with Crippen LogP contribution in [0.2, 0.25) is 0 Å². The Hall–Kier alpha value is -3.74. The Morgan fingerprint density at radius 2 is 1.80 bits per heavy atom. The molecule has 2 heterocycles. The van der Waals surface area contributed by atoms with Crippen molar-refractivity contribution in [1.82, 2.24) is 24.6 Å². The van der Waals surface area contributed by atoms with E-state index < -0.39 is 0 Å². The number of fused-ring (bicyclic) bond motifs is 1. The summed E-state index contributed by atoms with van der Waals surface area (Å²) in [5.74, 6) is 0.300. The summed E-state index contributed by atoms with van der Waals surface area (Å²) in [6, 6.07) is 16.8. The van der Waals surface area contributed by atoms with E-state index in [4.69, 9.17) is 0 Å². The fourth-order valence-corrected chi connectivity index (χ4v) is 3.46. The predicted octanol–water partition coefficient (Wildman–Crippen LogP) is 3.47. The van der Waals surface area contributed by atoms with Crippen LogP contribution >= 0.6 is 0 Å². The summed E-state index contributed by atoms with van der Waals surface area (Å²) in [5.41, 5.74) is 2.58. The zero-order valence-corrected chi connectivity index (χ0v) is 17.2. The first-order chi connectivity index (χ1) is 14.5. The third-order valence-electron chi connectivity index (χ3n) is 5.11. The highest BCUT2D eigenvalue weighted by Gasteiger charge is 2.24. The molecule has 1 N–H and O–H groups in total. The van der Waals surface area contributed by atoms with Gasteiger partial charge in [-0.3, -0.25) is 9.59 Å². The van der Waals surface area contributed by atoms with Gasteiger partial charge in [0.05, 0.1) is 40.6 Å². The molecule has 2 aromatic carbocycles. The first-order valence-electron chi connectivity index (χ1n) is 9.84. The Morgan fingerprint density at radius 1 is 1.10 bits per heavy atom. The van der Waals surface area contributed by atoms with E-state index in [9.17, 15) is 9.59 Å². The molecule has 7 nitrogen and oxygen atoms in total. The number of hydrogen-bond donors (Lipinski definition) is 1. The molecule has 1 amide bonds. The molecule has 2 aromatic heterocycles. The second-order valence-electron chi connectivity index (χ2n) is 7.45. The first-order valence-corrected chi connectivity index (χ1v) is 9.84. The topological polar surface area (TPSA) is 83.9 Å². The summed E-state index contributed by atoms with van der Waals surface area (Å²) in [4.78, 5) is 34.8. The Balaban J connectivity index is 1.67. The van der Waals surface area contributed by atoms with Crippen LogP contribution in [-0.2, 0) is 6.54 Å². The lowest BCUT2D eigenvalue weighted by molar-refractivity contribution is 0.0684. The van der Waals surface area contributed by atoms with Crippen LogP contribution in [0.15, 0.2) is 65.6 Å². The maximum absolute atomic E-state index is 13.4. The van der Waals surface area contributed by atoms with Crippen LogP contribution < -0.4 is 5.56 Å². The van der Waals surface area contributed by atoms with Gasteiger partial charge >= 0.3 is 0 Å². The molecule has 0 aliphatic carbocycles. The van der Waals surface area contributed by atoms with Gasteiger partial charge < -0.3 is 9.88 Å². The highest BCUT2D eigenvalue weighted by molar-refractivity contribution is 5.95. The number of carbonyl (C=O) groups excluding carboxylic acids is 1. The molecule has 4 rings (SSSR count). The van der Waals surface area contributed by atoms with Crippen molar-refractivity contribution >= 4 is 16.8 Å². The van der Waals surface area contributed by atoms with E-state index in [0.29, 0.717) is 22.3 Å². The Bertz CT molecular complexity index is 1260. The van der Waals surface area contributed by atoms with Crippen LogP contribution in [0, 0.1) is 6.92 Å². The van der Waals surface area contributed by atoms with Gasteiger partial charge in [-0.25, -0.2) is 9.67 Å². The predicted molar refractivity (Wildman–Crippen MR) is 116 cm³/mol. The number of nitrogens with zero attached hydrogens (tertiary/aromatic N) is 4. The molecule has 7 heteroatoms. The normalized spacial score (nSPS) is 11.2.